The molecule has 1 heterocycles. The molecule has 0 saturated carbocycles. The van der Waals surface area contributed by atoms with E-state index in [2.05, 4.69) is 15.3 Å². The molecule has 0 saturated heterocycles. The van der Waals surface area contributed by atoms with Crippen molar-refractivity contribution in [1.29, 1.82) is 0 Å². The Morgan fingerprint density at radius 2 is 2.06 bits per heavy atom. The lowest BCUT2D eigenvalue weighted by molar-refractivity contribution is 0.628. The first-order valence-corrected chi connectivity index (χ1v) is 5.05. The van der Waals surface area contributed by atoms with Gasteiger partial charge in [-0.1, -0.05) is 23.7 Å². The summed E-state index contributed by atoms with van der Waals surface area (Å²) >= 11 is 5.83. The molecular formula is C11H9ClFN3. The normalized spacial score (nSPS) is 10.2. The quantitative estimate of drug-likeness (QED) is 0.816. The molecule has 0 unspecified atom stereocenters. The summed E-state index contributed by atoms with van der Waals surface area (Å²) in [4.78, 5) is 8.23. The average molecular weight is 238 g/mol. The van der Waals surface area contributed by atoms with E-state index in [1.165, 1.54) is 12.1 Å². The van der Waals surface area contributed by atoms with Gasteiger partial charge < -0.3 is 5.32 Å². The molecule has 0 amide bonds. The van der Waals surface area contributed by atoms with Gasteiger partial charge in [-0.3, -0.25) is 0 Å². The molecule has 0 fully saturated rings. The van der Waals surface area contributed by atoms with Gasteiger partial charge in [-0.05, 0) is 12.1 Å². The van der Waals surface area contributed by atoms with Crippen LogP contribution in [0.1, 0.15) is 0 Å². The predicted molar refractivity (Wildman–Crippen MR) is 62.0 cm³/mol. The summed E-state index contributed by atoms with van der Waals surface area (Å²) in [5.41, 5.74) is 0.596. The second kappa shape index (κ2) is 4.45. The SMILES string of the molecule is CNc1cc(Cl)nc(-c2cccc(F)c2)n1. The van der Waals surface area contributed by atoms with Gasteiger partial charge in [0.25, 0.3) is 0 Å². The van der Waals surface area contributed by atoms with Crippen molar-refractivity contribution >= 4 is 17.4 Å². The highest BCUT2D eigenvalue weighted by Gasteiger charge is 2.05. The third-order valence-corrected chi connectivity index (χ3v) is 2.23. The maximum atomic E-state index is 13.0. The minimum atomic E-state index is -0.327. The largest absolute Gasteiger partial charge is 0.373 e. The van der Waals surface area contributed by atoms with Crippen LogP contribution in [-0.2, 0) is 0 Å². The first-order valence-electron chi connectivity index (χ1n) is 4.67. The lowest BCUT2D eigenvalue weighted by Crippen LogP contribution is -1.97. The van der Waals surface area contributed by atoms with Crippen LogP contribution in [0.15, 0.2) is 30.3 Å². The fourth-order valence-corrected chi connectivity index (χ4v) is 1.49. The molecule has 5 heteroatoms. The van der Waals surface area contributed by atoms with Gasteiger partial charge in [-0.25, -0.2) is 14.4 Å². The van der Waals surface area contributed by atoms with Crippen LogP contribution in [0.3, 0.4) is 0 Å². The number of rotatable bonds is 2. The van der Waals surface area contributed by atoms with E-state index >= 15 is 0 Å². The Hall–Kier alpha value is -1.68. The molecule has 2 rings (SSSR count). The highest BCUT2D eigenvalue weighted by atomic mass is 35.5. The van der Waals surface area contributed by atoms with Crippen molar-refractivity contribution in [3.05, 3.63) is 41.3 Å². The zero-order valence-corrected chi connectivity index (χ0v) is 9.29. The summed E-state index contributed by atoms with van der Waals surface area (Å²) in [6.07, 6.45) is 0. The Labute approximate surface area is 97.3 Å². The molecule has 0 aliphatic carbocycles. The third kappa shape index (κ3) is 2.28. The number of nitrogens with zero attached hydrogens (tertiary/aromatic N) is 2. The topological polar surface area (TPSA) is 37.8 Å². The molecule has 16 heavy (non-hydrogen) atoms. The van der Waals surface area contributed by atoms with Crippen LogP contribution < -0.4 is 5.32 Å². The van der Waals surface area contributed by atoms with Gasteiger partial charge in [0.1, 0.15) is 16.8 Å². The molecule has 0 bridgehead atoms. The molecule has 1 N–H and O–H groups in total. The summed E-state index contributed by atoms with van der Waals surface area (Å²) in [5, 5.41) is 3.18. The molecule has 1 aromatic heterocycles. The van der Waals surface area contributed by atoms with Crippen molar-refractivity contribution in [2.24, 2.45) is 0 Å². The lowest BCUT2D eigenvalue weighted by Gasteiger charge is -2.04. The summed E-state index contributed by atoms with van der Waals surface area (Å²) < 4.78 is 13.0. The van der Waals surface area contributed by atoms with E-state index in [4.69, 9.17) is 11.6 Å². The van der Waals surface area contributed by atoms with Crippen LogP contribution >= 0.6 is 11.6 Å². The summed E-state index contributed by atoms with van der Waals surface area (Å²) in [6, 6.07) is 7.67. The van der Waals surface area contributed by atoms with Gasteiger partial charge in [0, 0.05) is 18.7 Å². The van der Waals surface area contributed by atoms with Crippen molar-refractivity contribution in [2.45, 2.75) is 0 Å². The molecule has 2 aromatic rings. The first kappa shape index (κ1) is 10.8. The number of nitrogens with one attached hydrogen (secondary N) is 1. The fraction of sp³-hybridized carbons (Fsp3) is 0.0909. The van der Waals surface area contributed by atoms with E-state index in [0.29, 0.717) is 22.4 Å². The zero-order chi connectivity index (χ0) is 11.5. The van der Waals surface area contributed by atoms with Gasteiger partial charge in [0.2, 0.25) is 0 Å². The zero-order valence-electron chi connectivity index (χ0n) is 8.54. The molecule has 82 valence electrons. The van der Waals surface area contributed by atoms with Crippen molar-refractivity contribution in [3.63, 3.8) is 0 Å². The summed E-state index contributed by atoms with van der Waals surface area (Å²) in [5.74, 6) is 0.669. The maximum Gasteiger partial charge on any atom is 0.163 e. The summed E-state index contributed by atoms with van der Waals surface area (Å²) in [7, 11) is 1.73. The van der Waals surface area contributed by atoms with Crippen molar-refractivity contribution in [3.8, 4) is 11.4 Å². The Morgan fingerprint density at radius 1 is 1.25 bits per heavy atom. The minimum Gasteiger partial charge on any atom is -0.373 e. The van der Waals surface area contributed by atoms with Crippen LogP contribution in [0.25, 0.3) is 11.4 Å². The van der Waals surface area contributed by atoms with E-state index < -0.39 is 0 Å². The van der Waals surface area contributed by atoms with Crippen molar-refractivity contribution in [2.75, 3.05) is 12.4 Å². The number of hydrogen-bond acceptors (Lipinski definition) is 3. The van der Waals surface area contributed by atoms with Crippen molar-refractivity contribution < 1.29 is 4.39 Å². The Balaban J connectivity index is 2.51. The number of aromatic nitrogens is 2. The number of hydrogen-bond donors (Lipinski definition) is 1. The van der Waals surface area contributed by atoms with Gasteiger partial charge in [0.15, 0.2) is 5.82 Å². The van der Waals surface area contributed by atoms with Crippen molar-refractivity contribution in [1.82, 2.24) is 9.97 Å². The van der Waals surface area contributed by atoms with E-state index in [0.717, 1.165) is 0 Å². The fourth-order valence-electron chi connectivity index (χ4n) is 1.30. The van der Waals surface area contributed by atoms with E-state index in [1.807, 2.05) is 0 Å². The standard InChI is InChI=1S/C11H9ClFN3/c1-14-10-6-9(12)15-11(16-10)7-3-2-4-8(13)5-7/h2-6H,1H3,(H,14,15,16). The molecule has 0 aliphatic heterocycles. The highest BCUT2D eigenvalue weighted by Crippen LogP contribution is 2.20. The van der Waals surface area contributed by atoms with Crippen LogP contribution in [0.2, 0.25) is 5.15 Å². The van der Waals surface area contributed by atoms with Crippen LogP contribution in [0, 0.1) is 5.82 Å². The Morgan fingerprint density at radius 3 is 2.75 bits per heavy atom. The number of anilines is 1. The maximum absolute atomic E-state index is 13.0. The molecule has 0 spiro atoms. The number of halogens is 2. The van der Waals surface area contributed by atoms with Gasteiger partial charge in [-0.2, -0.15) is 0 Å². The van der Waals surface area contributed by atoms with E-state index in [9.17, 15) is 4.39 Å². The Bertz CT molecular complexity index is 516. The molecule has 0 atom stereocenters. The van der Waals surface area contributed by atoms with E-state index in [1.54, 1.807) is 25.2 Å². The second-order valence-corrected chi connectivity index (χ2v) is 3.55. The second-order valence-electron chi connectivity index (χ2n) is 3.16. The smallest absolute Gasteiger partial charge is 0.163 e. The minimum absolute atomic E-state index is 0.318. The third-order valence-electron chi connectivity index (χ3n) is 2.03. The molecule has 1 aromatic carbocycles. The van der Waals surface area contributed by atoms with Gasteiger partial charge in [0.05, 0.1) is 0 Å². The molecule has 0 aliphatic rings. The highest BCUT2D eigenvalue weighted by molar-refractivity contribution is 6.29. The van der Waals surface area contributed by atoms with Crippen LogP contribution in [0.5, 0.6) is 0 Å². The molecule has 0 radical (unpaired) electrons. The van der Waals surface area contributed by atoms with Crippen LogP contribution in [0.4, 0.5) is 10.2 Å². The lowest BCUT2D eigenvalue weighted by atomic mass is 10.2. The predicted octanol–water partition coefficient (Wildman–Crippen LogP) is 2.98. The van der Waals surface area contributed by atoms with E-state index in [-0.39, 0.29) is 5.82 Å². The van der Waals surface area contributed by atoms with Gasteiger partial charge >= 0.3 is 0 Å². The monoisotopic (exact) mass is 237 g/mol. The average Bonchev–Trinajstić information content (AvgIpc) is 2.28. The van der Waals surface area contributed by atoms with Gasteiger partial charge in [-0.15, -0.1) is 0 Å². The van der Waals surface area contributed by atoms with Crippen LogP contribution in [-0.4, -0.2) is 17.0 Å². The molecular weight excluding hydrogens is 229 g/mol. The number of benzene rings is 1. The Kier molecular flexibility index (Phi) is 3.01. The summed E-state index contributed by atoms with van der Waals surface area (Å²) in [6.45, 7) is 0. The first-order chi connectivity index (χ1) is 7.69. The molecule has 3 nitrogen and oxygen atoms in total.